The van der Waals surface area contributed by atoms with E-state index in [9.17, 15) is 4.39 Å². The molecular weight excluding hydrogens is 219 g/mol. The van der Waals surface area contributed by atoms with Crippen molar-refractivity contribution in [1.82, 2.24) is 9.97 Å². The summed E-state index contributed by atoms with van der Waals surface area (Å²) in [7, 11) is 0. The maximum Gasteiger partial charge on any atom is 0.128 e. The molecule has 90 valence electrons. The molecule has 0 aliphatic heterocycles. The Morgan fingerprint density at radius 1 is 1.47 bits per heavy atom. The van der Waals surface area contributed by atoms with Crippen molar-refractivity contribution < 1.29 is 4.39 Å². The quantitative estimate of drug-likeness (QED) is 0.715. The molecule has 0 saturated heterocycles. The summed E-state index contributed by atoms with van der Waals surface area (Å²) in [5.74, 6) is 0.519. The summed E-state index contributed by atoms with van der Waals surface area (Å²) in [5.41, 5.74) is 7.43. The third-order valence-corrected chi connectivity index (χ3v) is 2.63. The molecule has 1 aromatic carbocycles. The van der Waals surface area contributed by atoms with Gasteiger partial charge in [0.05, 0.1) is 17.4 Å². The van der Waals surface area contributed by atoms with Gasteiger partial charge in [-0.25, -0.2) is 9.37 Å². The van der Waals surface area contributed by atoms with Crippen molar-refractivity contribution in [2.75, 3.05) is 11.1 Å². The second kappa shape index (κ2) is 4.45. The Bertz CT molecular complexity index is 507. The summed E-state index contributed by atoms with van der Waals surface area (Å²) in [5, 5.41) is 3.20. The minimum Gasteiger partial charge on any atom is -0.397 e. The summed E-state index contributed by atoms with van der Waals surface area (Å²) < 4.78 is 13.2. The fourth-order valence-electron chi connectivity index (χ4n) is 1.64. The van der Waals surface area contributed by atoms with Gasteiger partial charge in [-0.3, -0.25) is 0 Å². The summed E-state index contributed by atoms with van der Waals surface area (Å²) in [6.07, 6.45) is 3.44. The first-order chi connectivity index (χ1) is 8.08. The van der Waals surface area contributed by atoms with Crippen molar-refractivity contribution >= 4 is 11.4 Å². The Morgan fingerprint density at radius 3 is 2.88 bits per heavy atom. The molecule has 0 bridgehead atoms. The highest BCUT2D eigenvalue weighted by Crippen LogP contribution is 2.25. The number of nitrogens with one attached hydrogen (secondary N) is 2. The molecule has 1 atom stereocenters. The second-order valence-corrected chi connectivity index (χ2v) is 4.03. The van der Waals surface area contributed by atoms with Crippen LogP contribution < -0.4 is 11.1 Å². The van der Waals surface area contributed by atoms with Crippen LogP contribution in [0.3, 0.4) is 0 Å². The van der Waals surface area contributed by atoms with Crippen LogP contribution in [0.5, 0.6) is 0 Å². The van der Waals surface area contributed by atoms with E-state index in [1.54, 1.807) is 25.4 Å². The number of H-pyrrole nitrogens is 1. The van der Waals surface area contributed by atoms with Crippen LogP contribution in [-0.4, -0.2) is 9.97 Å². The third-order valence-electron chi connectivity index (χ3n) is 2.63. The van der Waals surface area contributed by atoms with Crippen molar-refractivity contribution in [2.45, 2.75) is 19.9 Å². The van der Waals surface area contributed by atoms with E-state index in [2.05, 4.69) is 15.3 Å². The maximum absolute atomic E-state index is 13.2. The smallest absolute Gasteiger partial charge is 0.128 e. The van der Waals surface area contributed by atoms with Crippen LogP contribution in [0.25, 0.3) is 0 Å². The van der Waals surface area contributed by atoms with Crippen LogP contribution in [0, 0.1) is 12.7 Å². The Balaban J connectivity index is 2.22. The second-order valence-electron chi connectivity index (χ2n) is 4.03. The number of halogens is 1. The number of aromatic amines is 1. The summed E-state index contributed by atoms with van der Waals surface area (Å²) in [6.45, 7) is 3.66. The van der Waals surface area contributed by atoms with Crippen LogP contribution >= 0.6 is 0 Å². The number of benzene rings is 1. The Hall–Kier alpha value is -2.04. The van der Waals surface area contributed by atoms with Crippen molar-refractivity contribution in [3.63, 3.8) is 0 Å². The molecule has 0 aliphatic rings. The molecule has 0 amide bonds. The van der Waals surface area contributed by atoms with Crippen molar-refractivity contribution in [2.24, 2.45) is 0 Å². The van der Waals surface area contributed by atoms with Gasteiger partial charge >= 0.3 is 0 Å². The number of hydrogen-bond acceptors (Lipinski definition) is 3. The maximum atomic E-state index is 13.2. The number of rotatable bonds is 3. The molecule has 0 spiro atoms. The standard InChI is InChI=1S/C12H15FN4/c1-7-5-11(10(14)6-9(7)13)17-8(2)12-15-3-4-16-12/h3-6,8,17H,14H2,1-2H3,(H,15,16). The van der Waals surface area contributed by atoms with Crippen molar-refractivity contribution in [3.05, 3.63) is 41.7 Å². The van der Waals surface area contributed by atoms with Crippen LogP contribution in [0.2, 0.25) is 0 Å². The Kier molecular flexibility index (Phi) is 2.99. The average Bonchev–Trinajstić information content (AvgIpc) is 2.79. The molecular formula is C12H15FN4. The van der Waals surface area contributed by atoms with E-state index in [4.69, 9.17) is 5.73 Å². The molecule has 4 nitrogen and oxygen atoms in total. The third kappa shape index (κ3) is 2.38. The lowest BCUT2D eigenvalue weighted by atomic mass is 10.1. The van der Waals surface area contributed by atoms with E-state index in [0.717, 1.165) is 5.82 Å². The van der Waals surface area contributed by atoms with E-state index < -0.39 is 0 Å². The molecule has 4 N–H and O–H groups in total. The largest absolute Gasteiger partial charge is 0.397 e. The van der Waals surface area contributed by atoms with Gasteiger partial charge in [0.2, 0.25) is 0 Å². The zero-order valence-electron chi connectivity index (χ0n) is 9.79. The van der Waals surface area contributed by atoms with Crippen molar-refractivity contribution in [3.8, 4) is 0 Å². The molecule has 0 aliphatic carbocycles. The van der Waals surface area contributed by atoms with Crippen LogP contribution in [-0.2, 0) is 0 Å². The van der Waals surface area contributed by atoms with Gasteiger partial charge in [0.1, 0.15) is 11.6 Å². The first-order valence-corrected chi connectivity index (χ1v) is 5.39. The molecule has 5 heteroatoms. The lowest BCUT2D eigenvalue weighted by molar-refractivity contribution is 0.619. The summed E-state index contributed by atoms with van der Waals surface area (Å²) in [6, 6.07) is 3.01. The Morgan fingerprint density at radius 2 is 2.24 bits per heavy atom. The SMILES string of the molecule is Cc1cc(NC(C)c2ncc[nH]2)c(N)cc1F. The van der Waals surface area contributed by atoms with Gasteiger partial charge in [0.15, 0.2) is 0 Å². The van der Waals surface area contributed by atoms with Gasteiger partial charge in [-0.1, -0.05) is 0 Å². The minimum absolute atomic E-state index is 0.0165. The van der Waals surface area contributed by atoms with E-state index in [-0.39, 0.29) is 11.9 Å². The molecule has 0 saturated carbocycles. The van der Waals surface area contributed by atoms with E-state index in [1.807, 2.05) is 6.92 Å². The number of anilines is 2. The highest BCUT2D eigenvalue weighted by molar-refractivity contribution is 5.67. The predicted octanol–water partition coefficient (Wildman–Crippen LogP) is 2.61. The lowest BCUT2D eigenvalue weighted by Crippen LogP contribution is -2.10. The van der Waals surface area contributed by atoms with Gasteiger partial charge in [0.25, 0.3) is 0 Å². The van der Waals surface area contributed by atoms with Gasteiger partial charge < -0.3 is 16.0 Å². The van der Waals surface area contributed by atoms with Gasteiger partial charge in [-0.05, 0) is 31.5 Å². The molecule has 2 aromatic rings. The molecule has 2 rings (SSSR count). The summed E-state index contributed by atoms with van der Waals surface area (Å²) in [4.78, 5) is 7.16. The molecule has 1 heterocycles. The van der Waals surface area contributed by atoms with E-state index >= 15 is 0 Å². The van der Waals surface area contributed by atoms with Crippen LogP contribution in [0.15, 0.2) is 24.5 Å². The number of nitrogen functional groups attached to an aromatic ring is 1. The summed E-state index contributed by atoms with van der Waals surface area (Å²) >= 11 is 0. The molecule has 0 fully saturated rings. The van der Waals surface area contributed by atoms with Gasteiger partial charge in [-0.15, -0.1) is 0 Å². The lowest BCUT2D eigenvalue weighted by Gasteiger charge is -2.15. The van der Waals surface area contributed by atoms with Crippen LogP contribution in [0.1, 0.15) is 24.4 Å². The first-order valence-electron chi connectivity index (χ1n) is 5.39. The monoisotopic (exact) mass is 234 g/mol. The fraction of sp³-hybridized carbons (Fsp3) is 0.250. The molecule has 1 unspecified atom stereocenters. The van der Waals surface area contributed by atoms with Crippen LogP contribution in [0.4, 0.5) is 15.8 Å². The normalized spacial score (nSPS) is 12.4. The van der Waals surface area contributed by atoms with Crippen molar-refractivity contribution in [1.29, 1.82) is 0 Å². The average molecular weight is 234 g/mol. The zero-order valence-corrected chi connectivity index (χ0v) is 9.79. The predicted molar refractivity (Wildman–Crippen MR) is 66.2 cm³/mol. The Labute approximate surface area is 99.1 Å². The fourth-order valence-corrected chi connectivity index (χ4v) is 1.64. The minimum atomic E-state index is -0.293. The number of aryl methyl sites for hydroxylation is 1. The number of aromatic nitrogens is 2. The molecule has 1 aromatic heterocycles. The molecule has 0 radical (unpaired) electrons. The van der Waals surface area contributed by atoms with E-state index in [1.165, 1.54) is 6.07 Å². The zero-order chi connectivity index (χ0) is 12.4. The first kappa shape index (κ1) is 11.4. The van der Waals surface area contributed by atoms with E-state index in [0.29, 0.717) is 16.9 Å². The number of hydrogen-bond donors (Lipinski definition) is 3. The van der Waals surface area contributed by atoms with Gasteiger partial charge in [-0.2, -0.15) is 0 Å². The highest BCUT2D eigenvalue weighted by atomic mass is 19.1. The number of imidazole rings is 1. The topological polar surface area (TPSA) is 66.7 Å². The van der Waals surface area contributed by atoms with Gasteiger partial charge in [0, 0.05) is 12.4 Å². The number of nitrogens with zero attached hydrogens (tertiary/aromatic N) is 1. The highest BCUT2D eigenvalue weighted by Gasteiger charge is 2.10. The number of nitrogens with two attached hydrogens (primary N) is 1. The molecule has 17 heavy (non-hydrogen) atoms.